The van der Waals surface area contributed by atoms with Gasteiger partial charge in [0.15, 0.2) is 11.6 Å². The van der Waals surface area contributed by atoms with E-state index in [-0.39, 0.29) is 46.6 Å². The Morgan fingerprint density at radius 3 is 1.24 bits per heavy atom. The molecule has 10 nitrogen and oxygen atoms in total. The Morgan fingerprint density at radius 1 is 0.571 bits per heavy atom. The van der Waals surface area contributed by atoms with Crippen molar-refractivity contribution in [1.82, 2.24) is 0 Å². The Morgan fingerprint density at radius 2 is 0.905 bits per heavy atom. The summed E-state index contributed by atoms with van der Waals surface area (Å²) in [5.74, 6) is -2.22. The van der Waals surface area contributed by atoms with Gasteiger partial charge < -0.3 is 39.4 Å². The van der Waals surface area contributed by atoms with Gasteiger partial charge in [0.2, 0.25) is 0 Å². The van der Waals surface area contributed by atoms with Crippen LogP contribution in [-0.2, 0) is 0 Å². The molecule has 0 amide bonds. The van der Waals surface area contributed by atoms with E-state index in [1.54, 1.807) is 48.5 Å². The van der Waals surface area contributed by atoms with Gasteiger partial charge in [0, 0.05) is 12.1 Å². The highest BCUT2D eigenvalue weighted by Gasteiger charge is 2.39. The van der Waals surface area contributed by atoms with Crippen LogP contribution in [0, 0.1) is 0 Å². The first kappa shape index (κ1) is 26.8. The van der Waals surface area contributed by atoms with E-state index in [9.17, 15) is 30.0 Å². The molecule has 0 fully saturated rings. The fourth-order valence-electron chi connectivity index (χ4n) is 5.44. The van der Waals surface area contributed by atoms with Crippen LogP contribution >= 0.6 is 0 Å². The molecule has 6 rings (SSSR count). The van der Waals surface area contributed by atoms with Gasteiger partial charge in [-0.3, -0.25) is 9.59 Å². The number of phenolic OH excluding ortho intramolecular Hbond substituents is 4. The van der Waals surface area contributed by atoms with Gasteiger partial charge in [-0.15, -0.1) is 0 Å². The van der Waals surface area contributed by atoms with E-state index in [0.717, 1.165) is 12.1 Å². The third kappa shape index (κ3) is 4.37. The number of carbonyl (C=O) groups excluding carboxylic acids is 2. The Labute approximate surface area is 239 Å². The molecule has 2 atom stereocenters. The summed E-state index contributed by atoms with van der Waals surface area (Å²) in [5, 5.41) is 43.5. The van der Waals surface area contributed by atoms with Crippen molar-refractivity contribution in [2.75, 3.05) is 14.2 Å². The topological polar surface area (TPSA) is 152 Å². The van der Waals surface area contributed by atoms with Crippen molar-refractivity contribution < 1.29 is 49.0 Å². The van der Waals surface area contributed by atoms with Crippen molar-refractivity contribution in [2.45, 2.75) is 25.0 Å². The van der Waals surface area contributed by atoms with Gasteiger partial charge in [0.1, 0.15) is 69.3 Å². The van der Waals surface area contributed by atoms with Crippen LogP contribution in [0.25, 0.3) is 11.1 Å². The lowest BCUT2D eigenvalue weighted by molar-refractivity contribution is 0.0831. The van der Waals surface area contributed by atoms with Gasteiger partial charge in [-0.2, -0.15) is 0 Å². The maximum Gasteiger partial charge on any atom is 0.174 e. The molecule has 0 aromatic heterocycles. The minimum atomic E-state index is -0.805. The highest BCUT2D eigenvalue weighted by Crippen LogP contribution is 2.57. The molecule has 2 heterocycles. The lowest BCUT2D eigenvalue weighted by Gasteiger charge is -2.31. The smallest absolute Gasteiger partial charge is 0.174 e. The first-order chi connectivity index (χ1) is 20.2. The Kier molecular flexibility index (Phi) is 6.53. The lowest BCUT2D eigenvalue weighted by atomic mass is 9.87. The number of fused-ring (bicyclic) bond motifs is 2. The molecule has 42 heavy (non-hydrogen) atoms. The maximum absolute atomic E-state index is 13.3. The number of methoxy groups -OCH3 is 2. The first-order valence-electron chi connectivity index (χ1n) is 13.1. The minimum absolute atomic E-state index is 0.106. The largest absolute Gasteiger partial charge is 0.507 e. The molecule has 0 bridgehead atoms. The van der Waals surface area contributed by atoms with Crippen LogP contribution < -0.4 is 18.9 Å². The summed E-state index contributed by atoms with van der Waals surface area (Å²) in [6.07, 6.45) is -1.82. The van der Waals surface area contributed by atoms with Crippen molar-refractivity contribution >= 4 is 11.6 Å². The molecule has 0 saturated carbocycles. The molecule has 2 aliphatic rings. The molecular formula is C32H26O10. The molecule has 0 unspecified atom stereocenters. The standard InChI is InChI=1S/C32H26O10/c1-39-17-7-3-15(4-8-17)25-13-23(37)27-19(33)11-21(35)29(31(27)41-25)30-22(36)12-20(34)28-24(38)14-26(42-32(28)30)16-5-9-18(40-2)10-6-16/h3-12,25-26,33-36H,13-14H2,1-2H3/t25-,26-/m0/s1. The average molecular weight is 571 g/mol. The summed E-state index contributed by atoms with van der Waals surface area (Å²) in [4.78, 5) is 26.7. The molecule has 0 aliphatic carbocycles. The molecule has 10 heteroatoms. The lowest BCUT2D eigenvalue weighted by Crippen LogP contribution is -2.22. The Hall–Kier alpha value is -5.38. The second kappa shape index (κ2) is 10.2. The summed E-state index contributed by atoms with van der Waals surface area (Å²) in [5.41, 5.74) is 0.529. The number of ether oxygens (including phenoxy) is 4. The van der Waals surface area contributed by atoms with Crippen molar-refractivity contribution in [1.29, 1.82) is 0 Å². The quantitative estimate of drug-likeness (QED) is 0.238. The molecule has 0 saturated heterocycles. The third-order valence-electron chi connectivity index (χ3n) is 7.52. The number of aromatic hydroxyl groups is 4. The van der Waals surface area contributed by atoms with Crippen LogP contribution in [0.4, 0.5) is 0 Å². The number of Topliss-reactive ketones (excluding diaryl/α,β-unsaturated/α-hetero) is 2. The summed E-state index contributed by atoms with van der Waals surface area (Å²) >= 11 is 0. The van der Waals surface area contributed by atoms with Crippen LogP contribution in [0.15, 0.2) is 60.7 Å². The van der Waals surface area contributed by atoms with E-state index in [4.69, 9.17) is 18.9 Å². The molecule has 2 aliphatic heterocycles. The molecule has 4 aromatic rings. The second-order valence-electron chi connectivity index (χ2n) is 10.0. The number of hydrogen-bond donors (Lipinski definition) is 4. The molecule has 0 spiro atoms. The molecular weight excluding hydrogens is 544 g/mol. The van der Waals surface area contributed by atoms with Crippen LogP contribution in [0.1, 0.15) is 56.9 Å². The zero-order chi connectivity index (χ0) is 29.7. The molecule has 214 valence electrons. The van der Waals surface area contributed by atoms with Crippen molar-refractivity contribution in [3.63, 3.8) is 0 Å². The SMILES string of the molecule is COc1ccc([C@@H]2CC(=O)c3c(O)cc(O)c(-c4c(O)cc(O)c5c4O[C@H](c4ccc(OC)cc4)CC5=O)c3O2)cc1. The van der Waals surface area contributed by atoms with Crippen molar-refractivity contribution in [3.05, 3.63) is 82.9 Å². The number of benzene rings is 4. The van der Waals surface area contributed by atoms with Gasteiger partial charge in [-0.1, -0.05) is 24.3 Å². The van der Waals surface area contributed by atoms with E-state index >= 15 is 0 Å². The Bertz CT molecular complexity index is 1600. The molecule has 0 radical (unpaired) electrons. The van der Waals surface area contributed by atoms with E-state index in [1.807, 2.05) is 0 Å². The minimum Gasteiger partial charge on any atom is -0.507 e. The number of ketones is 2. The fraction of sp³-hybridized carbons (Fsp3) is 0.188. The average Bonchev–Trinajstić information content (AvgIpc) is 2.97. The fourth-order valence-corrected chi connectivity index (χ4v) is 5.44. The first-order valence-corrected chi connectivity index (χ1v) is 13.1. The zero-order valence-electron chi connectivity index (χ0n) is 22.6. The second-order valence-corrected chi connectivity index (χ2v) is 10.0. The van der Waals surface area contributed by atoms with Gasteiger partial charge in [0.25, 0.3) is 0 Å². The van der Waals surface area contributed by atoms with Crippen LogP contribution in [0.5, 0.6) is 46.0 Å². The Balaban J connectivity index is 1.52. The number of phenols is 4. The monoisotopic (exact) mass is 570 g/mol. The van der Waals surface area contributed by atoms with Crippen LogP contribution in [-0.4, -0.2) is 46.2 Å². The van der Waals surface area contributed by atoms with Gasteiger partial charge in [0.05, 0.1) is 38.2 Å². The number of rotatable bonds is 5. The molecule has 4 N–H and O–H groups in total. The van der Waals surface area contributed by atoms with E-state index < -0.39 is 46.8 Å². The van der Waals surface area contributed by atoms with Crippen LogP contribution in [0.3, 0.4) is 0 Å². The number of carbonyl (C=O) groups is 2. The van der Waals surface area contributed by atoms with E-state index in [1.165, 1.54) is 14.2 Å². The van der Waals surface area contributed by atoms with Gasteiger partial charge >= 0.3 is 0 Å². The summed E-state index contributed by atoms with van der Waals surface area (Å²) in [6.45, 7) is 0. The summed E-state index contributed by atoms with van der Waals surface area (Å²) in [6, 6.07) is 15.7. The zero-order valence-corrected chi connectivity index (χ0v) is 22.6. The predicted molar refractivity (Wildman–Crippen MR) is 149 cm³/mol. The van der Waals surface area contributed by atoms with Crippen molar-refractivity contribution in [2.24, 2.45) is 0 Å². The van der Waals surface area contributed by atoms with Gasteiger partial charge in [-0.25, -0.2) is 0 Å². The predicted octanol–water partition coefficient (Wildman–Crippen LogP) is 5.61. The number of hydrogen-bond acceptors (Lipinski definition) is 10. The highest BCUT2D eigenvalue weighted by atomic mass is 16.5. The maximum atomic E-state index is 13.3. The van der Waals surface area contributed by atoms with Crippen molar-refractivity contribution in [3.8, 4) is 57.1 Å². The molecule has 4 aromatic carbocycles. The van der Waals surface area contributed by atoms with E-state index in [2.05, 4.69) is 0 Å². The third-order valence-corrected chi connectivity index (χ3v) is 7.52. The summed E-state index contributed by atoms with van der Waals surface area (Å²) < 4.78 is 22.9. The summed E-state index contributed by atoms with van der Waals surface area (Å²) in [7, 11) is 3.06. The normalized spacial score (nSPS) is 17.5. The van der Waals surface area contributed by atoms with Gasteiger partial charge in [-0.05, 0) is 35.4 Å². The van der Waals surface area contributed by atoms with Crippen LogP contribution in [0.2, 0.25) is 0 Å². The highest BCUT2D eigenvalue weighted by molar-refractivity contribution is 6.09. The van der Waals surface area contributed by atoms with E-state index in [0.29, 0.717) is 22.6 Å².